The Morgan fingerprint density at radius 1 is 0.917 bits per heavy atom. The number of esters is 1. The van der Waals surface area contributed by atoms with E-state index in [2.05, 4.69) is 39.8 Å². The Bertz CT molecular complexity index is 770. The highest BCUT2D eigenvalue weighted by Crippen LogP contribution is 2.46. The minimum absolute atomic E-state index is 0.0837. The summed E-state index contributed by atoms with van der Waals surface area (Å²) in [5.41, 5.74) is 4.54. The first-order valence-electron chi connectivity index (χ1n) is 8.63. The van der Waals surface area contributed by atoms with E-state index >= 15 is 0 Å². The number of para-hydroxylation sites is 1. The van der Waals surface area contributed by atoms with Crippen molar-refractivity contribution in [2.24, 2.45) is 0 Å². The maximum Gasteiger partial charge on any atom is 0.343 e. The van der Waals surface area contributed by atoms with Gasteiger partial charge in [-0.05, 0) is 65.5 Å². The molecule has 0 spiro atoms. The third-order valence-electron chi connectivity index (χ3n) is 5.37. The summed E-state index contributed by atoms with van der Waals surface area (Å²) < 4.78 is 5.55. The number of ether oxygens (including phenoxy) is 1. The minimum atomic E-state index is -0.277. The van der Waals surface area contributed by atoms with Crippen LogP contribution in [0.1, 0.15) is 67.6 Å². The van der Waals surface area contributed by atoms with E-state index in [0.717, 1.165) is 12.0 Å². The number of benzene rings is 2. The first-order chi connectivity index (χ1) is 11.2. The van der Waals surface area contributed by atoms with Crippen molar-refractivity contribution < 1.29 is 9.53 Å². The van der Waals surface area contributed by atoms with Crippen LogP contribution in [0.25, 0.3) is 0 Å². The molecule has 1 aliphatic rings. The van der Waals surface area contributed by atoms with Crippen molar-refractivity contribution in [1.82, 2.24) is 0 Å². The lowest BCUT2D eigenvalue weighted by Crippen LogP contribution is -2.34. The number of carbonyl (C=O) groups is 1. The molecule has 2 aromatic carbocycles. The van der Waals surface area contributed by atoms with E-state index in [1.165, 1.54) is 17.5 Å². The highest BCUT2D eigenvalue weighted by molar-refractivity contribution is 5.93. The third kappa shape index (κ3) is 2.98. The zero-order valence-electron chi connectivity index (χ0n) is 15.3. The molecular weight excluding hydrogens is 296 g/mol. The maximum atomic E-state index is 12.7. The predicted molar refractivity (Wildman–Crippen MR) is 97.9 cm³/mol. The molecule has 0 aliphatic heterocycles. The molecule has 1 aliphatic carbocycles. The van der Waals surface area contributed by atoms with Gasteiger partial charge in [-0.1, -0.05) is 52.0 Å². The van der Waals surface area contributed by atoms with Gasteiger partial charge in [0.1, 0.15) is 5.75 Å². The largest absolute Gasteiger partial charge is 0.423 e. The quantitative estimate of drug-likeness (QED) is 0.534. The summed E-state index contributed by atoms with van der Waals surface area (Å²) in [6.07, 6.45) is 2.30. The Labute approximate surface area is 144 Å². The van der Waals surface area contributed by atoms with Gasteiger partial charge in [-0.25, -0.2) is 4.79 Å². The Morgan fingerprint density at radius 2 is 1.46 bits per heavy atom. The van der Waals surface area contributed by atoms with Gasteiger partial charge in [-0.15, -0.1) is 0 Å². The molecule has 0 amide bonds. The lowest BCUT2D eigenvalue weighted by molar-refractivity contribution is 0.0733. The molecule has 0 aromatic heterocycles. The molecule has 2 heteroatoms. The number of aryl methyl sites for hydroxylation is 1. The van der Waals surface area contributed by atoms with Gasteiger partial charge >= 0.3 is 5.97 Å². The van der Waals surface area contributed by atoms with Gasteiger partial charge in [-0.3, -0.25) is 0 Å². The number of hydrogen-bond acceptors (Lipinski definition) is 2. The first kappa shape index (κ1) is 16.8. The second kappa shape index (κ2) is 5.77. The molecule has 24 heavy (non-hydrogen) atoms. The Hall–Kier alpha value is -2.09. The van der Waals surface area contributed by atoms with Gasteiger partial charge in [-0.2, -0.15) is 0 Å². The smallest absolute Gasteiger partial charge is 0.343 e. The van der Waals surface area contributed by atoms with Crippen molar-refractivity contribution in [3.8, 4) is 5.75 Å². The van der Waals surface area contributed by atoms with E-state index in [4.69, 9.17) is 4.74 Å². The SMILES string of the molecule is Cc1cc2c(cc1C(=O)Oc1ccccc1)C(C)(C)CCC2(C)C. The lowest BCUT2D eigenvalue weighted by Gasteiger charge is -2.42. The third-order valence-corrected chi connectivity index (χ3v) is 5.37. The maximum absolute atomic E-state index is 12.7. The molecule has 0 fully saturated rings. The molecule has 2 aromatic rings. The summed E-state index contributed by atoms with van der Waals surface area (Å²) in [6.45, 7) is 11.1. The second-order valence-corrected chi connectivity index (χ2v) is 8.18. The summed E-state index contributed by atoms with van der Waals surface area (Å²) in [4.78, 5) is 12.7. The molecule has 0 heterocycles. The number of fused-ring (bicyclic) bond motifs is 1. The topological polar surface area (TPSA) is 26.3 Å². The summed E-state index contributed by atoms with van der Waals surface area (Å²) in [5, 5.41) is 0. The average Bonchev–Trinajstić information content (AvgIpc) is 2.52. The minimum Gasteiger partial charge on any atom is -0.423 e. The lowest BCUT2D eigenvalue weighted by atomic mass is 9.62. The van der Waals surface area contributed by atoms with Crippen LogP contribution in [0.2, 0.25) is 0 Å². The summed E-state index contributed by atoms with van der Waals surface area (Å²) in [7, 11) is 0. The molecule has 0 saturated carbocycles. The Morgan fingerprint density at radius 3 is 2.04 bits per heavy atom. The fraction of sp³-hybridized carbons (Fsp3) is 0.409. The first-order valence-corrected chi connectivity index (χ1v) is 8.63. The van der Waals surface area contributed by atoms with Crippen LogP contribution in [0.4, 0.5) is 0 Å². The molecule has 0 unspecified atom stereocenters. The Balaban J connectivity index is 2.03. The fourth-order valence-corrected chi connectivity index (χ4v) is 3.59. The highest BCUT2D eigenvalue weighted by atomic mass is 16.5. The number of rotatable bonds is 2. The van der Waals surface area contributed by atoms with E-state index in [-0.39, 0.29) is 16.8 Å². The second-order valence-electron chi connectivity index (χ2n) is 8.18. The van der Waals surface area contributed by atoms with E-state index < -0.39 is 0 Å². The van der Waals surface area contributed by atoms with Gasteiger partial charge < -0.3 is 4.74 Å². The van der Waals surface area contributed by atoms with Crippen LogP contribution in [0.15, 0.2) is 42.5 Å². The normalized spacial score (nSPS) is 17.9. The number of carbonyl (C=O) groups excluding carboxylic acids is 1. The van der Waals surface area contributed by atoms with Crippen molar-refractivity contribution in [3.63, 3.8) is 0 Å². The van der Waals surface area contributed by atoms with Crippen molar-refractivity contribution in [1.29, 1.82) is 0 Å². The van der Waals surface area contributed by atoms with Crippen LogP contribution in [-0.4, -0.2) is 5.97 Å². The predicted octanol–water partition coefficient (Wildman–Crippen LogP) is 5.56. The van der Waals surface area contributed by atoms with Crippen LogP contribution in [0.3, 0.4) is 0 Å². The van der Waals surface area contributed by atoms with Crippen LogP contribution >= 0.6 is 0 Å². The molecule has 0 saturated heterocycles. The monoisotopic (exact) mass is 322 g/mol. The van der Waals surface area contributed by atoms with Gasteiger partial charge in [0.25, 0.3) is 0 Å². The summed E-state index contributed by atoms with van der Waals surface area (Å²) >= 11 is 0. The van der Waals surface area contributed by atoms with Crippen LogP contribution in [-0.2, 0) is 10.8 Å². The highest BCUT2D eigenvalue weighted by Gasteiger charge is 2.38. The fourth-order valence-electron chi connectivity index (χ4n) is 3.59. The average molecular weight is 322 g/mol. The molecule has 0 atom stereocenters. The van der Waals surface area contributed by atoms with Crippen molar-refractivity contribution in [2.45, 2.75) is 58.3 Å². The van der Waals surface area contributed by atoms with E-state index in [0.29, 0.717) is 11.3 Å². The van der Waals surface area contributed by atoms with Gasteiger partial charge in [0, 0.05) is 0 Å². The van der Waals surface area contributed by atoms with Crippen LogP contribution in [0, 0.1) is 6.92 Å². The van der Waals surface area contributed by atoms with E-state index in [1.54, 1.807) is 12.1 Å². The van der Waals surface area contributed by atoms with Crippen LogP contribution < -0.4 is 4.74 Å². The molecule has 0 radical (unpaired) electrons. The molecule has 0 bridgehead atoms. The van der Waals surface area contributed by atoms with Gasteiger partial charge in [0.2, 0.25) is 0 Å². The molecular formula is C22H26O2. The molecule has 3 rings (SSSR count). The number of hydrogen-bond donors (Lipinski definition) is 0. The molecule has 2 nitrogen and oxygen atoms in total. The van der Waals surface area contributed by atoms with E-state index in [9.17, 15) is 4.79 Å². The van der Waals surface area contributed by atoms with Crippen molar-refractivity contribution in [2.75, 3.05) is 0 Å². The summed E-state index contributed by atoms with van der Waals surface area (Å²) in [5.74, 6) is 0.305. The van der Waals surface area contributed by atoms with Gasteiger partial charge in [0.05, 0.1) is 5.56 Å². The van der Waals surface area contributed by atoms with Crippen LogP contribution in [0.5, 0.6) is 5.75 Å². The molecule has 0 N–H and O–H groups in total. The molecule has 126 valence electrons. The summed E-state index contributed by atoms with van der Waals surface area (Å²) in [6, 6.07) is 13.5. The standard InChI is InChI=1S/C22H26O2/c1-15-13-18-19(22(4,5)12-11-21(18,2)3)14-17(15)20(23)24-16-9-7-6-8-10-16/h6-10,13-14H,11-12H2,1-5H3. The van der Waals surface area contributed by atoms with E-state index in [1.807, 2.05) is 25.1 Å². The van der Waals surface area contributed by atoms with Crippen molar-refractivity contribution >= 4 is 5.97 Å². The zero-order valence-corrected chi connectivity index (χ0v) is 15.3. The zero-order chi connectivity index (χ0) is 17.5. The van der Waals surface area contributed by atoms with Crippen molar-refractivity contribution in [3.05, 3.63) is 64.7 Å². The Kier molecular flexibility index (Phi) is 4.03. The van der Waals surface area contributed by atoms with Gasteiger partial charge in [0.15, 0.2) is 0 Å².